The SMILES string of the molecule is Cc1ccc(F)c(-c2nnc(SCC(=O)O)n2C2CC2)c1. The van der Waals surface area contributed by atoms with E-state index in [4.69, 9.17) is 5.11 Å². The van der Waals surface area contributed by atoms with E-state index < -0.39 is 5.97 Å². The lowest BCUT2D eigenvalue weighted by Crippen LogP contribution is -2.04. The normalized spacial score (nSPS) is 14.4. The Morgan fingerprint density at radius 1 is 1.48 bits per heavy atom. The van der Waals surface area contributed by atoms with E-state index in [1.54, 1.807) is 12.1 Å². The second kappa shape index (κ2) is 5.48. The van der Waals surface area contributed by atoms with Crippen LogP contribution in [0.5, 0.6) is 0 Å². The first-order valence-corrected chi connectivity index (χ1v) is 7.61. The Balaban J connectivity index is 2.02. The van der Waals surface area contributed by atoms with Crippen molar-refractivity contribution < 1.29 is 14.3 Å². The molecule has 3 rings (SSSR count). The van der Waals surface area contributed by atoms with Crippen LogP contribution in [0, 0.1) is 12.7 Å². The quantitative estimate of drug-likeness (QED) is 0.860. The zero-order chi connectivity index (χ0) is 15.0. The van der Waals surface area contributed by atoms with Gasteiger partial charge in [-0.15, -0.1) is 10.2 Å². The number of hydrogen-bond donors (Lipinski definition) is 1. The summed E-state index contributed by atoms with van der Waals surface area (Å²) in [6.07, 6.45) is 1.97. The lowest BCUT2D eigenvalue weighted by molar-refractivity contribution is -0.133. The van der Waals surface area contributed by atoms with Crippen LogP contribution in [-0.4, -0.2) is 31.6 Å². The van der Waals surface area contributed by atoms with Crippen molar-refractivity contribution in [2.24, 2.45) is 0 Å². The fourth-order valence-electron chi connectivity index (χ4n) is 2.16. The number of thioether (sulfide) groups is 1. The summed E-state index contributed by atoms with van der Waals surface area (Å²) < 4.78 is 15.9. The Kier molecular flexibility index (Phi) is 3.67. The van der Waals surface area contributed by atoms with Crippen LogP contribution >= 0.6 is 11.8 Å². The van der Waals surface area contributed by atoms with E-state index in [2.05, 4.69) is 10.2 Å². The van der Waals surface area contributed by atoms with Crippen molar-refractivity contribution in [3.63, 3.8) is 0 Å². The maximum absolute atomic E-state index is 14.1. The van der Waals surface area contributed by atoms with E-state index in [9.17, 15) is 9.18 Å². The van der Waals surface area contributed by atoms with Crippen molar-refractivity contribution in [2.45, 2.75) is 31.0 Å². The number of carboxylic acids is 1. The van der Waals surface area contributed by atoms with Crippen molar-refractivity contribution in [1.29, 1.82) is 0 Å². The van der Waals surface area contributed by atoms with Crippen LogP contribution in [-0.2, 0) is 4.79 Å². The highest BCUT2D eigenvalue weighted by atomic mass is 32.2. The molecular formula is C14H14FN3O2S. The number of aromatic nitrogens is 3. The molecule has 1 aliphatic rings. The summed E-state index contributed by atoms with van der Waals surface area (Å²) in [4.78, 5) is 10.7. The number of aliphatic carboxylic acids is 1. The molecule has 0 saturated heterocycles. The van der Waals surface area contributed by atoms with Gasteiger partial charge in [0.25, 0.3) is 0 Å². The summed E-state index contributed by atoms with van der Waals surface area (Å²) in [7, 11) is 0. The van der Waals surface area contributed by atoms with E-state index in [0.717, 1.165) is 30.2 Å². The number of carboxylic acid groups (broad SMARTS) is 1. The summed E-state index contributed by atoms with van der Waals surface area (Å²) in [5.74, 6) is -0.855. The van der Waals surface area contributed by atoms with Crippen molar-refractivity contribution in [3.05, 3.63) is 29.6 Å². The third-order valence-electron chi connectivity index (χ3n) is 3.26. The standard InChI is InChI=1S/C14H14FN3O2S/c1-8-2-5-11(15)10(6-8)13-16-17-14(21-7-12(19)20)18(13)9-3-4-9/h2,5-6,9H,3-4,7H2,1H3,(H,19,20). The van der Waals surface area contributed by atoms with Crippen molar-refractivity contribution in [1.82, 2.24) is 14.8 Å². The molecule has 2 aromatic rings. The molecule has 0 atom stereocenters. The average Bonchev–Trinajstić information content (AvgIpc) is 3.19. The smallest absolute Gasteiger partial charge is 0.313 e. The first-order valence-electron chi connectivity index (χ1n) is 6.62. The summed E-state index contributed by atoms with van der Waals surface area (Å²) in [5.41, 5.74) is 1.35. The Bertz CT molecular complexity index is 698. The molecule has 7 heteroatoms. The predicted molar refractivity (Wildman–Crippen MR) is 76.8 cm³/mol. The molecule has 0 amide bonds. The summed E-state index contributed by atoms with van der Waals surface area (Å²) >= 11 is 1.12. The Hall–Kier alpha value is -1.89. The van der Waals surface area contributed by atoms with E-state index in [1.165, 1.54) is 6.07 Å². The Morgan fingerprint density at radius 2 is 2.24 bits per heavy atom. The minimum atomic E-state index is -0.909. The van der Waals surface area contributed by atoms with E-state index in [-0.39, 0.29) is 17.6 Å². The van der Waals surface area contributed by atoms with Gasteiger partial charge in [0, 0.05) is 6.04 Å². The monoisotopic (exact) mass is 307 g/mol. The number of rotatable bonds is 5. The number of aryl methyl sites for hydroxylation is 1. The average molecular weight is 307 g/mol. The molecule has 110 valence electrons. The minimum Gasteiger partial charge on any atom is -0.481 e. The first-order chi connectivity index (χ1) is 10.1. The van der Waals surface area contributed by atoms with Gasteiger partial charge < -0.3 is 5.11 Å². The molecule has 1 aromatic carbocycles. The molecule has 21 heavy (non-hydrogen) atoms. The largest absolute Gasteiger partial charge is 0.481 e. The molecule has 0 spiro atoms. The highest BCUT2D eigenvalue weighted by molar-refractivity contribution is 7.99. The second-order valence-corrected chi connectivity index (χ2v) is 6.02. The van der Waals surface area contributed by atoms with Crippen LogP contribution in [0.4, 0.5) is 4.39 Å². The van der Waals surface area contributed by atoms with E-state index in [1.807, 2.05) is 11.5 Å². The number of hydrogen-bond acceptors (Lipinski definition) is 4. The van der Waals surface area contributed by atoms with Gasteiger partial charge in [-0.05, 0) is 31.9 Å². The number of benzene rings is 1. The number of halogens is 1. The van der Waals surface area contributed by atoms with Crippen molar-refractivity contribution >= 4 is 17.7 Å². The molecule has 1 aromatic heterocycles. The van der Waals surface area contributed by atoms with E-state index >= 15 is 0 Å². The Labute approximate surface area is 125 Å². The molecule has 1 fully saturated rings. The molecule has 1 saturated carbocycles. The molecule has 1 heterocycles. The zero-order valence-electron chi connectivity index (χ0n) is 11.4. The van der Waals surface area contributed by atoms with Crippen LogP contribution in [0.2, 0.25) is 0 Å². The van der Waals surface area contributed by atoms with Gasteiger partial charge in [-0.1, -0.05) is 23.4 Å². The second-order valence-electron chi connectivity index (χ2n) is 5.07. The predicted octanol–water partition coefficient (Wildman–Crippen LogP) is 2.90. The van der Waals surface area contributed by atoms with E-state index in [0.29, 0.717) is 16.5 Å². The summed E-state index contributed by atoms with van der Waals surface area (Å²) in [6, 6.07) is 5.10. The fourth-order valence-corrected chi connectivity index (χ4v) is 2.88. The van der Waals surface area contributed by atoms with Crippen LogP contribution in [0.15, 0.2) is 23.4 Å². The molecule has 5 nitrogen and oxygen atoms in total. The van der Waals surface area contributed by atoms with Crippen LogP contribution in [0.25, 0.3) is 11.4 Å². The molecule has 0 bridgehead atoms. The minimum absolute atomic E-state index is 0.0822. The number of carbonyl (C=O) groups is 1. The summed E-state index contributed by atoms with van der Waals surface area (Å²) in [6.45, 7) is 1.89. The highest BCUT2D eigenvalue weighted by Crippen LogP contribution is 2.41. The van der Waals surface area contributed by atoms with Gasteiger partial charge in [0.2, 0.25) is 0 Å². The first kappa shape index (κ1) is 14.1. The van der Waals surface area contributed by atoms with Crippen LogP contribution in [0.1, 0.15) is 24.4 Å². The third kappa shape index (κ3) is 2.92. The van der Waals surface area contributed by atoms with Gasteiger partial charge in [-0.3, -0.25) is 9.36 Å². The molecule has 0 aliphatic heterocycles. The van der Waals surface area contributed by atoms with Crippen LogP contribution in [0.3, 0.4) is 0 Å². The van der Waals surface area contributed by atoms with Gasteiger partial charge in [-0.2, -0.15) is 0 Å². The number of nitrogens with zero attached hydrogens (tertiary/aromatic N) is 3. The fraction of sp³-hybridized carbons (Fsp3) is 0.357. The van der Waals surface area contributed by atoms with Gasteiger partial charge in [-0.25, -0.2) is 4.39 Å². The molecular weight excluding hydrogens is 293 g/mol. The maximum Gasteiger partial charge on any atom is 0.313 e. The molecule has 1 N–H and O–H groups in total. The zero-order valence-corrected chi connectivity index (χ0v) is 12.2. The maximum atomic E-state index is 14.1. The van der Waals surface area contributed by atoms with Gasteiger partial charge in [0.1, 0.15) is 5.82 Å². The highest BCUT2D eigenvalue weighted by Gasteiger charge is 2.31. The summed E-state index contributed by atoms with van der Waals surface area (Å²) in [5, 5.41) is 17.5. The topological polar surface area (TPSA) is 68.0 Å². The molecule has 0 unspecified atom stereocenters. The lowest BCUT2D eigenvalue weighted by Gasteiger charge is -2.09. The third-order valence-corrected chi connectivity index (χ3v) is 4.19. The lowest BCUT2D eigenvalue weighted by atomic mass is 10.1. The van der Waals surface area contributed by atoms with Crippen LogP contribution < -0.4 is 0 Å². The van der Waals surface area contributed by atoms with Gasteiger partial charge in [0.05, 0.1) is 11.3 Å². The molecule has 1 aliphatic carbocycles. The van der Waals surface area contributed by atoms with Crippen molar-refractivity contribution in [2.75, 3.05) is 5.75 Å². The van der Waals surface area contributed by atoms with Gasteiger partial charge in [0.15, 0.2) is 11.0 Å². The van der Waals surface area contributed by atoms with Gasteiger partial charge >= 0.3 is 5.97 Å². The Morgan fingerprint density at radius 3 is 2.90 bits per heavy atom. The molecule has 0 radical (unpaired) electrons. The van der Waals surface area contributed by atoms with Crippen molar-refractivity contribution in [3.8, 4) is 11.4 Å².